The van der Waals surface area contributed by atoms with Gasteiger partial charge in [-0.05, 0) is 50.8 Å². The molecule has 4 rings (SSSR count). The van der Waals surface area contributed by atoms with E-state index < -0.39 is 0 Å². The molecule has 158 valence electrons. The Hall–Kier alpha value is -3.00. The number of carbonyl (C=O) groups is 1. The molecule has 0 saturated carbocycles. The Morgan fingerprint density at radius 1 is 1.37 bits per heavy atom. The Bertz CT molecular complexity index is 1220. The number of fused-ring (bicyclic) bond motifs is 2. The number of hydrogen-bond acceptors (Lipinski definition) is 5. The number of pyridine rings is 2. The number of ether oxygens (including phenoxy) is 1. The molecule has 4 heterocycles. The van der Waals surface area contributed by atoms with Crippen LogP contribution in [0.25, 0.3) is 16.7 Å². The molecule has 2 N–H and O–H groups in total. The number of aromatic nitrogens is 3. The van der Waals surface area contributed by atoms with E-state index >= 15 is 0 Å². The maximum atomic E-state index is 13.3. The van der Waals surface area contributed by atoms with E-state index in [2.05, 4.69) is 5.32 Å². The molecule has 3 aromatic rings. The van der Waals surface area contributed by atoms with Crippen molar-refractivity contribution in [3.05, 3.63) is 51.4 Å². The average molecular weight is 409 g/mol. The van der Waals surface area contributed by atoms with Crippen molar-refractivity contribution in [3.63, 3.8) is 0 Å². The van der Waals surface area contributed by atoms with Gasteiger partial charge in [0.15, 0.2) is 0 Å². The van der Waals surface area contributed by atoms with Gasteiger partial charge in [0, 0.05) is 24.9 Å². The lowest BCUT2D eigenvalue weighted by atomic mass is 10.1. The molecule has 0 aromatic carbocycles. The topological polar surface area (TPSA) is 101 Å². The van der Waals surface area contributed by atoms with E-state index in [0.717, 1.165) is 24.8 Å². The number of nitrogens with one attached hydrogen (secondary N) is 2. The molecule has 1 saturated heterocycles. The van der Waals surface area contributed by atoms with Gasteiger partial charge in [0.25, 0.3) is 5.56 Å². The fourth-order valence-corrected chi connectivity index (χ4v) is 4.05. The van der Waals surface area contributed by atoms with Crippen molar-refractivity contribution in [2.24, 2.45) is 0 Å². The molecule has 8 nitrogen and oxygen atoms in total. The zero-order valence-electron chi connectivity index (χ0n) is 17.4. The maximum absolute atomic E-state index is 13.3. The van der Waals surface area contributed by atoms with E-state index in [1.807, 2.05) is 26.0 Å². The highest BCUT2D eigenvalue weighted by Gasteiger charge is 2.20. The smallest absolute Gasteiger partial charge is 0.267 e. The van der Waals surface area contributed by atoms with Crippen LogP contribution in [-0.2, 0) is 22.5 Å². The third-order valence-corrected chi connectivity index (χ3v) is 5.60. The van der Waals surface area contributed by atoms with Gasteiger partial charge in [-0.15, -0.1) is 0 Å². The highest BCUT2D eigenvalue weighted by Crippen LogP contribution is 2.17. The number of carbonyl (C=O) groups excluding carboxylic acids is 1. The predicted octanol–water partition coefficient (Wildman–Crippen LogP) is 1.68. The summed E-state index contributed by atoms with van der Waals surface area (Å²) >= 11 is 0. The Morgan fingerprint density at radius 2 is 2.20 bits per heavy atom. The Balaban J connectivity index is 1.95. The molecule has 1 atom stereocenters. The second-order valence-electron chi connectivity index (χ2n) is 7.79. The summed E-state index contributed by atoms with van der Waals surface area (Å²) in [6, 6.07) is 5.37. The lowest BCUT2D eigenvalue weighted by Crippen LogP contribution is -2.36. The molecule has 0 bridgehead atoms. The van der Waals surface area contributed by atoms with E-state index in [1.54, 1.807) is 16.8 Å². The van der Waals surface area contributed by atoms with Crippen molar-refractivity contribution in [2.45, 2.75) is 52.2 Å². The van der Waals surface area contributed by atoms with E-state index in [9.17, 15) is 9.59 Å². The predicted molar refractivity (Wildman–Crippen MR) is 114 cm³/mol. The van der Waals surface area contributed by atoms with Crippen molar-refractivity contribution in [2.75, 3.05) is 13.2 Å². The molecule has 1 fully saturated rings. The van der Waals surface area contributed by atoms with Crippen LogP contribution in [0, 0.1) is 12.3 Å². The van der Waals surface area contributed by atoms with Gasteiger partial charge >= 0.3 is 0 Å². The van der Waals surface area contributed by atoms with Crippen LogP contribution >= 0.6 is 0 Å². The van der Waals surface area contributed by atoms with Crippen LogP contribution in [0.3, 0.4) is 0 Å². The van der Waals surface area contributed by atoms with Crippen molar-refractivity contribution in [1.82, 2.24) is 19.3 Å². The lowest BCUT2D eigenvalue weighted by molar-refractivity contribution is -0.120. The molecule has 30 heavy (non-hydrogen) atoms. The van der Waals surface area contributed by atoms with Gasteiger partial charge in [0.05, 0.1) is 24.5 Å². The van der Waals surface area contributed by atoms with Crippen LogP contribution in [0.4, 0.5) is 0 Å². The minimum Gasteiger partial charge on any atom is -0.376 e. The second kappa shape index (κ2) is 8.39. The molecule has 0 aliphatic carbocycles. The first-order valence-electron chi connectivity index (χ1n) is 10.5. The minimum absolute atomic E-state index is 0.0344. The van der Waals surface area contributed by atoms with Crippen LogP contribution in [-0.4, -0.2) is 39.1 Å². The first kappa shape index (κ1) is 20.3. The molecule has 0 radical (unpaired) electrons. The molecule has 1 aliphatic rings. The summed E-state index contributed by atoms with van der Waals surface area (Å²) in [5, 5.41) is 12.0. The van der Waals surface area contributed by atoms with Crippen molar-refractivity contribution in [3.8, 4) is 0 Å². The summed E-state index contributed by atoms with van der Waals surface area (Å²) < 4.78 is 9.16. The van der Waals surface area contributed by atoms with Crippen molar-refractivity contribution < 1.29 is 9.53 Å². The number of hydrogen-bond donors (Lipinski definition) is 2. The van der Waals surface area contributed by atoms with Crippen LogP contribution in [0.5, 0.6) is 0 Å². The highest BCUT2D eigenvalue weighted by molar-refractivity contribution is 5.82. The maximum Gasteiger partial charge on any atom is 0.267 e. The minimum atomic E-state index is -0.200. The van der Waals surface area contributed by atoms with E-state index in [-0.39, 0.29) is 29.5 Å². The van der Waals surface area contributed by atoms with Gasteiger partial charge < -0.3 is 14.6 Å². The third kappa shape index (κ3) is 3.75. The Labute approximate surface area is 174 Å². The molecule has 3 aromatic heterocycles. The second-order valence-corrected chi connectivity index (χ2v) is 7.79. The van der Waals surface area contributed by atoms with Gasteiger partial charge in [-0.2, -0.15) is 0 Å². The molecule has 8 heteroatoms. The van der Waals surface area contributed by atoms with Crippen molar-refractivity contribution in [1.29, 1.82) is 5.41 Å². The first-order chi connectivity index (χ1) is 14.5. The summed E-state index contributed by atoms with van der Waals surface area (Å²) in [6.07, 6.45) is 4.73. The summed E-state index contributed by atoms with van der Waals surface area (Å²) in [7, 11) is 0. The highest BCUT2D eigenvalue weighted by atomic mass is 16.5. The molecule has 1 amide bonds. The third-order valence-electron chi connectivity index (χ3n) is 5.60. The van der Waals surface area contributed by atoms with Crippen LogP contribution in [0.2, 0.25) is 0 Å². The standard InChI is InChI=1S/C22H27N5O3/c1-3-24-18(28)12-15-11-17-21(25-20-14(2)7-6-9-26(20)22(17)29)27(19(15)23)13-16-8-4-5-10-30-16/h6-7,9,11,16,23H,3-5,8,10,12-13H2,1-2H3,(H,24,28). The number of likely N-dealkylation sites (N-methyl/N-ethyl adjacent to an activating group) is 1. The number of nitrogens with zero attached hydrogens (tertiary/aromatic N) is 3. The van der Waals surface area contributed by atoms with Gasteiger partial charge in [0.2, 0.25) is 5.91 Å². The Morgan fingerprint density at radius 3 is 2.93 bits per heavy atom. The number of amides is 1. The fourth-order valence-electron chi connectivity index (χ4n) is 4.05. The van der Waals surface area contributed by atoms with Crippen LogP contribution < -0.4 is 16.4 Å². The zero-order valence-corrected chi connectivity index (χ0v) is 17.4. The first-order valence-corrected chi connectivity index (χ1v) is 10.5. The van der Waals surface area contributed by atoms with Gasteiger partial charge in [0.1, 0.15) is 16.8 Å². The van der Waals surface area contributed by atoms with Crippen molar-refractivity contribution >= 4 is 22.6 Å². The number of rotatable bonds is 5. The summed E-state index contributed by atoms with van der Waals surface area (Å²) in [6.45, 7) is 5.42. The quantitative estimate of drug-likeness (QED) is 0.626. The van der Waals surface area contributed by atoms with E-state index in [4.69, 9.17) is 15.1 Å². The normalized spacial score (nSPS) is 16.8. The van der Waals surface area contributed by atoms with E-state index in [0.29, 0.717) is 41.9 Å². The molecule has 1 unspecified atom stereocenters. The summed E-state index contributed by atoms with van der Waals surface area (Å²) in [5.74, 6) is -0.171. The molecular weight excluding hydrogens is 382 g/mol. The zero-order chi connectivity index (χ0) is 21.3. The monoisotopic (exact) mass is 409 g/mol. The number of aryl methyl sites for hydroxylation is 1. The molecule has 1 aliphatic heterocycles. The van der Waals surface area contributed by atoms with Crippen LogP contribution in [0.15, 0.2) is 29.2 Å². The lowest BCUT2D eigenvalue weighted by Gasteiger charge is -2.25. The summed E-state index contributed by atoms with van der Waals surface area (Å²) in [4.78, 5) is 30.3. The van der Waals surface area contributed by atoms with Gasteiger partial charge in [-0.25, -0.2) is 4.98 Å². The summed E-state index contributed by atoms with van der Waals surface area (Å²) in [5.41, 5.74) is 2.44. The Kier molecular flexibility index (Phi) is 5.67. The van der Waals surface area contributed by atoms with Crippen LogP contribution in [0.1, 0.15) is 37.3 Å². The molecule has 0 spiro atoms. The fraction of sp³-hybridized carbons (Fsp3) is 0.455. The van der Waals surface area contributed by atoms with E-state index in [1.165, 1.54) is 4.40 Å². The average Bonchev–Trinajstić information content (AvgIpc) is 2.73. The van der Waals surface area contributed by atoms with Gasteiger partial charge in [-0.1, -0.05) is 6.07 Å². The SMILES string of the molecule is CCNC(=O)Cc1cc2c(=O)n3cccc(C)c3nc2n(CC2CCCCO2)c1=N. The molecular formula is C22H27N5O3. The van der Waals surface area contributed by atoms with Gasteiger partial charge in [-0.3, -0.25) is 19.4 Å². The largest absolute Gasteiger partial charge is 0.376 e.